The summed E-state index contributed by atoms with van der Waals surface area (Å²) in [6.07, 6.45) is 3.16. The van der Waals surface area contributed by atoms with Gasteiger partial charge in [-0.1, -0.05) is 24.3 Å². The Morgan fingerprint density at radius 2 is 1.72 bits per heavy atom. The van der Waals surface area contributed by atoms with E-state index in [9.17, 15) is 27.2 Å². The van der Waals surface area contributed by atoms with Gasteiger partial charge < -0.3 is 15.6 Å². The maximum absolute atomic E-state index is 14.6. The van der Waals surface area contributed by atoms with Crippen LogP contribution in [0, 0.1) is 17.5 Å². The Balaban J connectivity index is 1.52. The number of amides is 2. The first-order valence-electron chi connectivity index (χ1n) is 13.5. The fourth-order valence-electron chi connectivity index (χ4n) is 5.09. The largest absolute Gasteiger partial charge is 0.366 e. The van der Waals surface area contributed by atoms with Gasteiger partial charge in [-0.25, -0.2) is 17.6 Å². The second-order valence-corrected chi connectivity index (χ2v) is 10.8. The summed E-state index contributed by atoms with van der Waals surface area (Å²) in [5.41, 5.74) is 5.99. The number of fused-ring (bicyclic) bond motifs is 1. The molecule has 0 aliphatic carbocycles. The molecule has 3 N–H and O–H groups in total. The number of pyridine rings is 1. The highest BCUT2D eigenvalue weighted by Crippen LogP contribution is 2.31. The molecule has 0 radical (unpaired) electrons. The summed E-state index contributed by atoms with van der Waals surface area (Å²) in [5, 5.41) is 3.74. The first-order chi connectivity index (χ1) is 20.4. The predicted octanol–water partition coefficient (Wildman–Crippen LogP) is 6.52. The van der Waals surface area contributed by atoms with Crippen LogP contribution in [-0.2, 0) is 23.4 Å². The normalized spacial score (nSPS) is 12.3. The molecule has 10 heteroatoms. The van der Waals surface area contributed by atoms with E-state index in [1.165, 1.54) is 32.2 Å². The molecule has 5 aromatic rings. The van der Waals surface area contributed by atoms with Crippen LogP contribution < -0.4 is 11.1 Å². The van der Waals surface area contributed by atoms with E-state index in [0.29, 0.717) is 27.9 Å². The number of carbonyl (C=O) groups excluding carboxylic acids is 2. The molecule has 5 rings (SSSR count). The van der Waals surface area contributed by atoms with E-state index in [1.54, 1.807) is 41.1 Å². The van der Waals surface area contributed by atoms with Gasteiger partial charge in [0.15, 0.2) is 0 Å². The minimum atomic E-state index is -1.58. The summed E-state index contributed by atoms with van der Waals surface area (Å²) in [6.45, 7) is 2.76. The Morgan fingerprint density at radius 3 is 2.42 bits per heavy atom. The monoisotopic (exact) mass is 588 g/mol. The molecular weight excluding hydrogens is 560 g/mol. The molecule has 2 amide bonds. The Hall–Kier alpha value is -4.99. The van der Waals surface area contributed by atoms with Gasteiger partial charge in [0, 0.05) is 29.5 Å². The van der Waals surface area contributed by atoms with Crippen LogP contribution in [0.2, 0.25) is 0 Å². The maximum atomic E-state index is 14.6. The van der Waals surface area contributed by atoms with E-state index in [2.05, 4.69) is 10.3 Å². The van der Waals surface area contributed by atoms with Crippen molar-refractivity contribution in [3.63, 3.8) is 0 Å². The molecule has 2 heterocycles. The number of hydrogen-bond donors (Lipinski definition) is 2. The molecule has 1 atom stereocenters. The van der Waals surface area contributed by atoms with Crippen molar-refractivity contribution < 1.29 is 27.2 Å². The molecule has 0 bridgehead atoms. The van der Waals surface area contributed by atoms with Crippen LogP contribution in [0.3, 0.4) is 0 Å². The fraction of sp³-hybridized carbons (Fsp3) is 0.182. The zero-order chi connectivity index (χ0) is 30.9. The number of primary amides is 1. The van der Waals surface area contributed by atoms with E-state index in [-0.39, 0.29) is 24.1 Å². The van der Waals surface area contributed by atoms with E-state index < -0.39 is 41.0 Å². The van der Waals surface area contributed by atoms with Gasteiger partial charge in [-0.05, 0) is 84.8 Å². The van der Waals surface area contributed by atoms with Gasteiger partial charge in [-0.15, -0.1) is 0 Å². The third kappa shape index (κ3) is 6.58. The summed E-state index contributed by atoms with van der Waals surface area (Å²) in [6, 6.07) is 16.3. The molecule has 0 saturated heterocycles. The smallest absolute Gasteiger partial charge is 0.251 e. The van der Waals surface area contributed by atoms with Crippen molar-refractivity contribution in [3.8, 4) is 11.1 Å². The number of carbonyl (C=O) groups is 2. The molecule has 3 aromatic carbocycles. The van der Waals surface area contributed by atoms with E-state index in [4.69, 9.17) is 5.73 Å². The van der Waals surface area contributed by atoms with E-state index in [0.717, 1.165) is 29.7 Å². The molecule has 0 saturated carbocycles. The van der Waals surface area contributed by atoms with Crippen LogP contribution >= 0.6 is 0 Å². The van der Waals surface area contributed by atoms with Crippen molar-refractivity contribution in [3.05, 3.63) is 125 Å². The number of benzene rings is 3. The number of rotatable bonds is 9. The number of halogens is 4. The average molecular weight is 589 g/mol. The van der Waals surface area contributed by atoms with Crippen molar-refractivity contribution in [2.45, 2.75) is 38.5 Å². The summed E-state index contributed by atoms with van der Waals surface area (Å²) in [4.78, 5) is 29.8. The van der Waals surface area contributed by atoms with Gasteiger partial charge in [0.1, 0.15) is 29.7 Å². The van der Waals surface area contributed by atoms with Gasteiger partial charge in [0.2, 0.25) is 5.91 Å². The average Bonchev–Trinajstić information content (AvgIpc) is 3.33. The Bertz CT molecular complexity index is 1820. The first kappa shape index (κ1) is 29.5. The minimum Gasteiger partial charge on any atom is -0.366 e. The Morgan fingerprint density at radius 1 is 0.977 bits per heavy atom. The lowest BCUT2D eigenvalue weighted by Crippen LogP contribution is -2.33. The number of nitrogens with zero attached hydrogens (tertiary/aromatic N) is 2. The highest BCUT2D eigenvalue weighted by molar-refractivity contribution is 5.94. The third-order valence-electron chi connectivity index (χ3n) is 7.18. The highest BCUT2D eigenvalue weighted by Gasteiger charge is 2.24. The summed E-state index contributed by atoms with van der Waals surface area (Å²) in [5.74, 6) is -3.76. The second-order valence-electron chi connectivity index (χ2n) is 10.8. The molecule has 0 fully saturated rings. The van der Waals surface area contributed by atoms with Gasteiger partial charge in [-0.3, -0.25) is 14.6 Å². The van der Waals surface area contributed by atoms with Crippen molar-refractivity contribution in [2.75, 3.05) is 0 Å². The first-order valence-corrected chi connectivity index (χ1v) is 13.5. The number of hydrogen-bond acceptors (Lipinski definition) is 3. The summed E-state index contributed by atoms with van der Waals surface area (Å²) >= 11 is 0. The molecule has 0 aliphatic heterocycles. The number of nitrogens with two attached hydrogens (primary N) is 1. The molecule has 1 unspecified atom stereocenters. The quantitative estimate of drug-likeness (QED) is 0.192. The zero-order valence-corrected chi connectivity index (χ0v) is 23.4. The van der Waals surface area contributed by atoms with Crippen LogP contribution in [-0.4, -0.2) is 21.4 Å². The van der Waals surface area contributed by atoms with E-state index in [1.807, 2.05) is 6.07 Å². The standard InChI is InChI=1S/C33H28F4N4O2/c1-33(2,37)22-7-5-20-9-11-41(29(20)16-22)18-30(42)40-28(14-19-12-23(34)17-24(35)13-19)31-25(4-3-10-39-31)21-6-8-27(36)26(15-21)32(38)43/h3-13,15-17,28H,14,18H2,1-2H3,(H2,38,43)(H,40,42). The van der Waals surface area contributed by atoms with Crippen LogP contribution in [0.1, 0.15) is 47.1 Å². The SMILES string of the molecule is CC(C)(F)c1ccc2ccn(CC(=O)NC(Cc3cc(F)cc(F)c3)c3ncccc3-c3ccc(F)c(C(N)=O)c3)c2c1. The lowest BCUT2D eigenvalue weighted by Gasteiger charge is -2.22. The van der Waals surface area contributed by atoms with Gasteiger partial charge in [0.25, 0.3) is 5.91 Å². The second kappa shape index (κ2) is 11.7. The van der Waals surface area contributed by atoms with Gasteiger partial charge in [0.05, 0.1) is 17.3 Å². The van der Waals surface area contributed by atoms with E-state index >= 15 is 0 Å². The van der Waals surface area contributed by atoms with Gasteiger partial charge >= 0.3 is 0 Å². The van der Waals surface area contributed by atoms with Gasteiger partial charge in [-0.2, -0.15) is 0 Å². The molecule has 43 heavy (non-hydrogen) atoms. The van der Waals surface area contributed by atoms with Crippen LogP contribution in [0.15, 0.2) is 85.2 Å². The molecule has 6 nitrogen and oxygen atoms in total. The maximum Gasteiger partial charge on any atom is 0.251 e. The summed E-state index contributed by atoms with van der Waals surface area (Å²) < 4.78 is 58.8. The molecule has 0 spiro atoms. The minimum absolute atomic E-state index is 0.0408. The highest BCUT2D eigenvalue weighted by atomic mass is 19.1. The van der Waals surface area contributed by atoms with Crippen molar-refractivity contribution in [1.82, 2.24) is 14.9 Å². The number of alkyl halides is 1. The van der Waals surface area contributed by atoms with Crippen molar-refractivity contribution in [2.24, 2.45) is 5.73 Å². The Kier molecular flexibility index (Phi) is 8.04. The number of aromatic nitrogens is 2. The van der Waals surface area contributed by atoms with Crippen molar-refractivity contribution >= 4 is 22.7 Å². The lowest BCUT2D eigenvalue weighted by molar-refractivity contribution is -0.122. The van der Waals surface area contributed by atoms with Crippen LogP contribution in [0.5, 0.6) is 0 Å². The fourth-order valence-corrected chi connectivity index (χ4v) is 5.09. The molecular formula is C33H28F4N4O2. The van der Waals surface area contributed by atoms with Crippen LogP contribution in [0.4, 0.5) is 17.6 Å². The zero-order valence-electron chi connectivity index (χ0n) is 23.4. The lowest BCUT2D eigenvalue weighted by atomic mass is 9.94. The van der Waals surface area contributed by atoms with Crippen LogP contribution in [0.25, 0.3) is 22.0 Å². The van der Waals surface area contributed by atoms with Crippen molar-refractivity contribution in [1.29, 1.82) is 0 Å². The topological polar surface area (TPSA) is 90.0 Å². The molecule has 2 aromatic heterocycles. The molecule has 220 valence electrons. The third-order valence-corrected chi connectivity index (χ3v) is 7.18. The summed E-state index contributed by atoms with van der Waals surface area (Å²) in [7, 11) is 0. The Labute approximate surface area is 245 Å². The molecule has 0 aliphatic rings. The number of nitrogens with one attached hydrogen (secondary N) is 1. The predicted molar refractivity (Wildman–Crippen MR) is 155 cm³/mol.